The van der Waals surface area contributed by atoms with Crippen LogP contribution in [-0.2, 0) is 16.2 Å². The van der Waals surface area contributed by atoms with Gasteiger partial charge in [-0.15, -0.1) is 0 Å². The molecule has 0 radical (unpaired) electrons. The Labute approximate surface area is 155 Å². The Bertz CT molecular complexity index is 902. The number of sulfonamides is 1. The van der Waals surface area contributed by atoms with Crippen LogP contribution >= 0.6 is 0 Å². The molecule has 1 N–H and O–H groups in total. The summed E-state index contributed by atoms with van der Waals surface area (Å²) in [5.74, 6) is 0.617. The molecule has 1 atom stereocenters. The third-order valence-electron chi connectivity index (χ3n) is 4.27. The van der Waals surface area contributed by atoms with Gasteiger partial charge in [-0.2, -0.15) is 13.2 Å². The second-order valence-electron chi connectivity index (χ2n) is 6.11. The number of nitrogens with one attached hydrogen (secondary N) is 1. The molecule has 6 nitrogen and oxygen atoms in total. The summed E-state index contributed by atoms with van der Waals surface area (Å²) >= 11 is 0. The van der Waals surface area contributed by atoms with Gasteiger partial charge in [0.05, 0.1) is 12.7 Å². The lowest BCUT2D eigenvalue weighted by Crippen LogP contribution is -2.37. The molecular formula is C17H18F3N3O3S. The van der Waals surface area contributed by atoms with E-state index in [0.717, 1.165) is 12.3 Å². The molecule has 0 aliphatic carbocycles. The van der Waals surface area contributed by atoms with Crippen LogP contribution in [0.15, 0.2) is 47.5 Å². The fourth-order valence-corrected chi connectivity index (χ4v) is 4.36. The number of benzene rings is 1. The van der Waals surface area contributed by atoms with Crippen LogP contribution in [0.2, 0.25) is 0 Å². The van der Waals surface area contributed by atoms with Gasteiger partial charge in [0.1, 0.15) is 16.5 Å². The number of anilines is 1. The van der Waals surface area contributed by atoms with Gasteiger partial charge in [0.25, 0.3) is 0 Å². The fourth-order valence-electron chi connectivity index (χ4n) is 2.93. The van der Waals surface area contributed by atoms with Crippen molar-refractivity contribution in [2.75, 3.05) is 25.1 Å². The molecule has 1 saturated heterocycles. The number of aromatic nitrogens is 1. The van der Waals surface area contributed by atoms with Gasteiger partial charge in [-0.25, -0.2) is 18.1 Å². The number of para-hydroxylation sites is 1. The first-order valence-electron chi connectivity index (χ1n) is 8.14. The molecule has 2 aromatic rings. The summed E-state index contributed by atoms with van der Waals surface area (Å²) in [6.07, 6.45) is -3.15. The monoisotopic (exact) mass is 401 g/mol. The third-order valence-corrected chi connectivity index (χ3v) is 5.83. The number of ether oxygens (including phenoxy) is 1. The number of methoxy groups -OCH3 is 1. The molecule has 0 bridgehead atoms. The molecule has 27 heavy (non-hydrogen) atoms. The van der Waals surface area contributed by atoms with Crippen LogP contribution in [0.3, 0.4) is 0 Å². The zero-order valence-electron chi connectivity index (χ0n) is 14.4. The van der Waals surface area contributed by atoms with E-state index in [1.165, 1.54) is 19.2 Å². The number of pyridine rings is 1. The van der Waals surface area contributed by atoms with Crippen molar-refractivity contribution in [2.24, 2.45) is 0 Å². The van der Waals surface area contributed by atoms with Crippen molar-refractivity contribution in [1.82, 2.24) is 9.71 Å². The number of rotatable bonds is 5. The highest BCUT2D eigenvalue weighted by Gasteiger charge is 2.32. The average Bonchev–Trinajstić information content (AvgIpc) is 3.09. The van der Waals surface area contributed by atoms with E-state index in [9.17, 15) is 21.6 Å². The number of alkyl halides is 3. The van der Waals surface area contributed by atoms with Crippen LogP contribution in [0, 0.1) is 0 Å². The summed E-state index contributed by atoms with van der Waals surface area (Å²) in [5, 5.41) is 0. The van der Waals surface area contributed by atoms with Gasteiger partial charge in [0.2, 0.25) is 10.0 Å². The number of hydrogen-bond donors (Lipinski definition) is 1. The van der Waals surface area contributed by atoms with Gasteiger partial charge in [0, 0.05) is 25.3 Å². The Morgan fingerprint density at radius 3 is 2.59 bits per heavy atom. The van der Waals surface area contributed by atoms with E-state index in [-0.39, 0.29) is 16.7 Å². The van der Waals surface area contributed by atoms with E-state index in [1.54, 1.807) is 23.1 Å². The largest absolute Gasteiger partial charge is 0.495 e. The molecule has 1 fully saturated rings. The van der Waals surface area contributed by atoms with Crippen molar-refractivity contribution in [3.05, 3.63) is 48.2 Å². The van der Waals surface area contributed by atoms with E-state index in [4.69, 9.17) is 4.74 Å². The fraction of sp³-hybridized carbons (Fsp3) is 0.353. The summed E-state index contributed by atoms with van der Waals surface area (Å²) in [7, 11) is -2.40. The minimum Gasteiger partial charge on any atom is -0.495 e. The standard InChI is InChI=1S/C17H18F3N3O3S/c1-26-14-4-2-3-5-15(14)27(24,25)22-13-8-9-23(11-13)16-7-6-12(10-21-16)17(18,19)20/h2-7,10,13,22H,8-9,11H2,1H3. The molecule has 1 aromatic carbocycles. The Morgan fingerprint density at radius 1 is 1.22 bits per heavy atom. The molecule has 1 aromatic heterocycles. The average molecular weight is 401 g/mol. The number of nitrogens with zero attached hydrogens (tertiary/aromatic N) is 2. The molecule has 1 unspecified atom stereocenters. The van der Waals surface area contributed by atoms with E-state index < -0.39 is 21.8 Å². The minimum atomic E-state index is -4.44. The smallest absolute Gasteiger partial charge is 0.417 e. The van der Waals surface area contributed by atoms with Crippen LogP contribution < -0.4 is 14.4 Å². The maximum Gasteiger partial charge on any atom is 0.417 e. The predicted molar refractivity (Wildman–Crippen MR) is 93.2 cm³/mol. The first-order chi connectivity index (χ1) is 12.7. The Kier molecular flexibility index (Phi) is 5.29. The quantitative estimate of drug-likeness (QED) is 0.834. The lowest BCUT2D eigenvalue weighted by molar-refractivity contribution is -0.137. The molecule has 1 aliphatic heterocycles. The van der Waals surface area contributed by atoms with E-state index in [2.05, 4.69) is 9.71 Å². The van der Waals surface area contributed by atoms with Gasteiger partial charge in [0.15, 0.2) is 0 Å². The molecule has 0 spiro atoms. The topological polar surface area (TPSA) is 71.5 Å². The molecule has 1 aliphatic rings. The van der Waals surface area contributed by atoms with Crippen molar-refractivity contribution >= 4 is 15.8 Å². The zero-order valence-corrected chi connectivity index (χ0v) is 15.2. The predicted octanol–water partition coefficient (Wildman–Crippen LogP) is 2.67. The molecule has 0 saturated carbocycles. The van der Waals surface area contributed by atoms with Crippen molar-refractivity contribution in [3.63, 3.8) is 0 Å². The van der Waals surface area contributed by atoms with Crippen LogP contribution in [-0.4, -0.2) is 39.6 Å². The summed E-state index contributed by atoms with van der Waals surface area (Å²) < 4.78 is 70.8. The van der Waals surface area contributed by atoms with Crippen molar-refractivity contribution < 1.29 is 26.3 Å². The Morgan fingerprint density at radius 2 is 1.96 bits per heavy atom. The second kappa shape index (κ2) is 7.35. The Balaban J connectivity index is 1.69. The zero-order chi connectivity index (χ0) is 19.7. The summed E-state index contributed by atoms with van der Waals surface area (Å²) in [6.45, 7) is 0.796. The van der Waals surface area contributed by atoms with Crippen molar-refractivity contribution in [1.29, 1.82) is 0 Å². The van der Waals surface area contributed by atoms with Crippen molar-refractivity contribution in [2.45, 2.75) is 23.5 Å². The lowest BCUT2D eigenvalue weighted by atomic mass is 10.3. The summed E-state index contributed by atoms with van der Waals surface area (Å²) in [6, 6.07) is 8.15. The highest BCUT2D eigenvalue weighted by Crippen LogP contribution is 2.30. The Hall–Kier alpha value is -2.33. The van der Waals surface area contributed by atoms with Gasteiger partial charge >= 0.3 is 6.18 Å². The molecule has 3 rings (SSSR count). The van der Waals surface area contributed by atoms with Gasteiger partial charge in [-0.1, -0.05) is 12.1 Å². The summed E-state index contributed by atoms with van der Waals surface area (Å²) in [5.41, 5.74) is -0.820. The van der Waals surface area contributed by atoms with E-state index in [0.29, 0.717) is 25.3 Å². The number of hydrogen-bond acceptors (Lipinski definition) is 5. The lowest BCUT2D eigenvalue weighted by Gasteiger charge is -2.19. The third kappa shape index (κ3) is 4.33. The van der Waals surface area contributed by atoms with Gasteiger partial charge in [-0.05, 0) is 30.7 Å². The SMILES string of the molecule is COc1ccccc1S(=O)(=O)NC1CCN(c2ccc(C(F)(F)F)cn2)C1. The maximum atomic E-state index is 12.6. The maximum absolute atomic E-state index is 12.6. The second-order valence-corrected chi connectivity index (χ2v) is 7.79. The molecule has 10 heteroatoms. The van der Waals surface area contributed by atoms with E-state index >= 15 is 0 Å². The molecular weight excluding hydrogens is 383 g/mol. The van der Waals surface area contributed by atoms with Crippen LogP contribution in [0.5, 0.6) is 5.75 Å². The highest BCUT2D eigenvalue weighted by atomic mass is 32.2. The van der Waals surface area contributed by atoms with E-state index in [1.807, 2.05) is 0 Å². The first kappa shape index (κ1) is 19.4. The normalized spacial score (nSPS) is 17.9. The first-order valence-corrected chi connectivity index (χ1v) is 9.62. The summed E-state index contributed by atoms with van der Waals surface area (Å²) in [4.78, 5) is 5.64. The van der Waals surface area contributed by atoms with Crippen LogP contribution in [0.1, 0.15) is 12.0 Å². The molecule has 2 heterocycles. The molecule has 146 valence electrons. The van der Waals surface area contributed by atoms with Crippen LogP contribution in [0.25, 0.3) is 0 Å². The van der Waals surface area contributed by atoms with Crippen LogP contribution in [0.4, 0.5) is 19.0 Å². The number of halogens is 3. The van der Waals surface area contributed by atoms with Gasteiger partial charge in [-0.3, -0.25) is 0 Å². The van der Waals surface area contributed by atoms with Gasteiger partial charge < -0.3 is 9.64 Å². The highest BCUT2D eigenvalue weighted by molar-refractivity contribution is 7.89. The molecule has 0 amide bonds. The van der Waals surface area contributed by atoms with Crippen molar-refractivity contribution in [3.8, 4) is 5.75 Å². The minimum absolute atomic E-state index is 0.0404.